The molecule has 2 aromatic rings. The molecule has 0 unspecified atom stereocenters. The van der Waals surface area contributed by atoms with Gasteiger partial charge in [0.1, 0.15) is 0 Å². The molecule has 0 aliphatic heterocycles. The molecule has 0 aliphatic carbocycles. The monoisotopic (exact) mass is 209 g/mol. The van der Waals surface area contributed by atoms with Crippen LogP contribution in [0.5, 0.6) is 0 Å². The van der Waals surface area contributed by atoms with Gasteiger partial charge in [0.2, 0.25) is 0 Å². The first kappa shape index (κ1) is 11.6. The van der Waals surface area contributed by atoms with Crippen molar-refractivity contribution in [2.45, 2.75) is 0 Å². The van der Waals surface area contributed by atoms with Crippen LogP contribution in [0, 0.1) is 5.41 Å². The second-order valence-electron chi connectivity index (χ2n) is 2.90. The van der Waals surface area contributed by atoms with Crippen molar-refractivity contribution >= 4 is 58.9 Å². The first-order chi connectivity index (χ1) is 6.79. The van der Waals surface area contributed by atoms with Crippen molar-refractivity contribution in [1.82, 2.24) is 0 Å². The summed E-state index contributed by atoms with van der Waals surface area (Å²) in [7, 11) is 0. The van der Waals surface area contributed by atoms with Gasteiger partial charge in [-0.3, -0.25) is 0 Å². The first-order valence-electron chi connectivity index (χ1n) is 4.28. The molecule has 2 aromatic carbocycles. The molecule has 0 spiro atoms. The van der Waals surface area contributed by atoms with Gasteiger partial charge in [-0.15, -0.1) is 0 Å². The van der Waals surface area contributed by atoms with E-state index in [1.807, 2.05) is 0 Å². The van der Waals surface area contributed by atoms with Crippen molar-refractivity contribution in [2.75, 3.05) is 0 Å². The Morgan fingerprint density at radius 3 is 2.29 bits per heavy atom. The summed E-state index contributed by atoms with van der Waals surface area (Å²) < 4.78 is 1.49. The minimum atomic E-state index is 1.14. The summed E-state index contributed by atoms with van der Waals surface area (Å²) >= 11 is 4.95. The van der Waals surface area contributed by atoms with E-state index in [4.69, 9.17) is 5.41 Å². The van der Waals surface area contributed by atoms with Gasteiger partial charge in [-0.2, -0.15) is 0 Å². The average molecular weight is 209 g/mol. The SMILES string of the molecule is N=C=S.[Na][c]1cccc2ccccc12. The third-order valence-electron chi connectivity index (χ3n) is 2.01. The maximum atomic E-state index is 5.77. The van der Waals surface area contributed by atoms with Crippen molar-refractivity contribution in [3.05, 3.63) is 42.5 Å². The van der Waals surface area contributed by atoms with E-state index in [1.165, 1.54) is 13.6 Å². The molecule has 2 rings (SSSR count). The third-order valence-corrected chi connectivity index (χ3v) is 2.88. The molecule has 64 valence electrons. The van der Waals surface area contributed by atoms with Gasteiger partial charge in [0.05, 0.1) is 5.16 Å². The molecule has 0 fully saturated rings. The maximum absolute atomic E-state index is 5.77. The number of nitrogens with one attached hydrogen (secondary N) is 1. The van der Waals surface area contributed by atoms with Crippen LogP contribution in [0.3, 0.4) is 0 Å². The zero-order chi connectivity index (χ0) is 10.4. The topological polar surface area (TPSA) is 23.9 Å². The Hall–Kier alpha value is -0.500. The molecule has 0 radical (unpaired) electrons. The molecule has 0 atom stereocenters. The average Bonchev–Trinajstić information content (AvgIpc) is 2.20. The Balaban J connectivity index is 0.000000293. The van der Waals surface area contributed by atoms with E-state index in [1.54, 1.807) is 5.16 Å². The zero-order valence-electron chi connectivity index (χ0n) is 7.95. The Labute approximate surface area is 106 Å². The predicted molar refractivity (Wildman–Crippen MR) is 64.7 cm³/mol. The molecule has 3 heteroatoms. The van der Waals surface area contributed by atoms with Crippen LogP contribution in [0.15, 0.2) is 42.5 Å². The van der Waals surface area contributed by atoms with Crippen molar-refractivity contribution in [1.29, 1.82) is 5.41 Å². The molecule has 0 saturated carbocycles. The van der Waals surface area contributed by atoms with Crippen LogP contribution in [0.4, 0.5) is 0 Å². The number of fused-ring (bicyclic) bond motifs is 1. The first-order valence-corrected chi connectivity index (χ1v) is 5.68. The fourth-order valence-electron chi connectivity index (χ4n) is 1.39. The molecular weight excluding hydrogens is 201 g/mol. The Bertz CT molecular complexity index is 456. The van der Waals surface area contributed by atoms with E-state index in [9.17, 15) is 0 Å². The van der Waals surface area contributed by atoms with Gasteiger partial charge < -0.3 is 0 Å². The van der Waals surface area contributed by atoms with Gasteiger partial charge in [0.15, 0.2) is 0 Å². The molecule has 1 nitrogen and oxygen atoms in total. The van der Waals surface area contributed by atoms with Gasteiger partial charge in [-0.25, -0.2) is 5.41 Å². The van der Waals surface area contributed by atoms with Crippen LogP contribution in [0.1, 0.15) is 0 Å². The molecule has 0 aromatic heterocycles. The van der Waals surface area contributed by atoms with E-state index < -0.39 is 0 Å². The van der Waals surface area contributed by atoms with E-state index in [0.717, 1.165) is 27.9 Å². The molecule has 0 saturated heterocycles. The normalized spacial score (nSPS) is 8.71. The third kappa shape index (κ3) is 3.02. The van der Waals surface area contributed by atoms with Gasteiger partial charge in [0.25, 0.3) is 0 Å². The molecule has 0 heterocycles. The van der Waals surface area contributed by atoms with E-state index >= 15 is 0 Å². The Kier molecular flexibility index (Phi) is 5.02. The van der Waals surface area contributed by atoms with Crippen molar-refractivity contribution in [3.8, 4) is 0 Å². The summed E-state index contributed by atoms with van der Waals surface area (Å²) in [6.07, 6.45) is 0. The number of benzene rings is 2. The molecule has 0 amide bonds. The molecule has 0 aliphatic rings. The van der Waals surface area contributed by atoms with Crippen molar-refractivity contribution < 1.29 is 0 Å². The fraction of sp³-hybridized carbons (Fsp3) is 0. The second-order valence-corrected chi connectivity index (χ2v) is 4.18. The summed E-state index contributed by atoms with van der Waals surface area (Å²) in [6, 6.07) is 15.0. The minimum absolute atomic E-state index is 1.14. The van der Waals surface area contributed by atoms with Crippen LogP contribution in [0.2, 0.25) is 0 Å². The summed E-state index contributed by atoms with van der Waals surface area (Å²) in [4.78, 5) is 0. The molecule has 1 N–H and O–H groups in total. The van der Waals surface area contributed by atoms with Crippen molar-refractivity contribution in [2.24, 2.45) is 0 Å². The van der Waals surface area contributed by atoms with E-state index in [0.29, 0.717) is 0 Å². The van der Waals surface area contributed by atoms with E-state index in [-0.39, 0.29) is 0 Å². The summed E-state index contributed by atoms with van der Waals surface area (Å²) in [5.74, 6) is 0. The van der Waals surface area contributed by atoms with Crippen molar-refractivity contribution in [3.63, 3.8) is 0 Å². The number of isothiocyanates is 1. The number of hydrogen-bond donors (Lipinski definition) is 1. The van der Waals surface area contributed by atoms with Crippen LogP contribution >= 0.6 is 12.2 Å². The quantitative estimate of drug-likeness (QED) is 0.402. The van der Waals surface area contributed by atoms with Gasteiger partial charge in [-0.1, -0.05) is 0 Å². The van der Waals surface area contributed by atoms with Crippen LogP contribution in [-0.4, -0.2) is 33.1 Å². The molecule has 0 bridgehead atoms. The van der Waals surface area contributed by atoms with Gasteiger partial charge in [0, 0.05) is 0 Å². The summed E-state index contributed by atoms with van der Waals surface area (Å²) in [6.45, 7) is 0. The predicted octanol–water partition coefficient (Wildman–Crippen LogP) is 2.30. The Morgan fingerprint density at radius 2 is 1.64 bits per heavy atom. The molecule has 14 heavy (non-hydrogen) atoms. The standard InChI is InChI=1S/C10H7.CHNS.Na/c1-2-6-10-8-4-3-7-9(10)5-1;2-1-3;/h1-7H;2H;. The van der Waals surface area contributed by atoms with Crippen LogP contribution in [-0.2, 0) is 0 Å². The summed E-state index contributed by atoms with van der Waals surface area (Å²) in [5, 5.41) is 10.1. The van der Waals surface area contributed by atoms with Crippen LogP contribution in [0.25, 0.3) is 10.8 Å². The number of rotatable bonds is 0. The Morgan fingerprint density at radius 1 is 1.07 bits per heavy atom. The number of thiocarbonyl (C=S) groups is 1. The number of hydrogen-bond acceptors (Lipinski definition) is 2. The van der Waals surface area contributed by atoms with Gasteiger partial charge >= 0.3 is 84.0 Å². The zero-order valence-corrected chi connectivity index (χ0v) is 10.8. The van der Waals surface area contributed by atoms with Crippen LogP contribution < -0.4 is 2.81 Å². The van der Waals surface area contributed by atoms with Gasteiger partial charge in [-0.05, 0) is 12.2 Å². The fourth-order valence-corrected chi connectivity index (χ4v) is 2.04. The molecular formula is C11H8NNaS. The second kappa shape index (κ2) is 6.07. The summed E-state index contributed by atoms with van der Waals surface area (Å²) in [5.41, 5.74) is 0. The van der Waals surface area contributed by atoms with E-state index in [2.05, 4.69) is 54.7 Å².